The van der Waals surface area contributed by atoms with Crippen LogP contribution in [0.3, 0.4) is 0 Å². The second-order valence-electron chi connectivity index (χ2n) is 8.08. The summed E-state index contributed by atoms with van der Waals surface area (Å²) >= 11 is 0. The van der Waals surface area contributed by atoms with E-state index >= 15 is 0 Å². The van der Waals surface area contributed by atoms with Gasteiger partial charge in [0.15, 0.2) is 5.78 Å². The van der Waals surface area contributed by atoms with E-state index in [0.29, 0.717) is 22.9 Å². The van der Waals surface area contributed by atoms with Crippen molar-refractivity contribution in [2.45, 2.75) is 51.7 Å². The summed E-state index contributed by atoms with van der Waals surface area (Å²) in [6, 6.07) is 7.39. The molecule has 0 saturated carbocycles. The summed E-state index contributed by atoms with van der Waals surface area (Å²) < 4.78 is 26.6. The zero-order valence-corrected chi connectivity index (χ0v) is 19.5. The lowest BCUT2D eigenvalue weighted by Crippen LogP contribution is -2.54. The largest absolute Gasteiger partial charge is 0.350 e. The summed E-state index contributed by atoms with van der Waals surface area (Å²) in [7, 11) is 0. The minimum absolute atomic E-state index is 0.0564. The Labute approximate surface area is 202 Å². The van der Waals surface area contributed by atoms with E-state index in [9.17, 15) is 28.0 Å². The molecule has 8 nitrogen and oxygen atoms in total. The van der Waals surface area contributed by atoms with Crippen molar-refractivity contribution >= 4 is 29.7 Å². The van der Waals surface area contributed by atoms with Gasteiger partial charge >= 0.3 is 0 Å². The number of rotatable bonds is 12. The maximum absolute atomic E-state index is 13.5. The monoisotopic (exact) mass is 486 g/mol. The Balaban J connectivity index is 2.16. The normalized spacial score (nSPS) is 12.2. The predicted molar refractivity (Wildman–Crippen MR) is 126 cm³/mol. The van der Waals surface area contributed by atoms with Crippen molar-refractivity contribution in [1.29, 1.82) is 5.41 Å². The smallest absolute Gasteiger partial charge is 0.243 e. The molecule has 0 aliphatic rings. The Bertz CT molecular complexity index is 1090. The van der Waals surface area contributed by atoms with Gasteiger partial charge in [-0.2, -0.15) is 0 Å². The van der Waals surface area contributed by atoms with Gasteiger partial charge in [-0.3, -0.25) is 19.2 Å². The van der Waals surface area contributed by atoms with Crippen molar-refractivity contribution in [2.75, 3.05) is 0 Å². The van der Waals surface area contributed by atoms with E-state index in [0.717, 1.165) is 0 Å². The summed E-state index contributed by atoms with van der Waals surface area (Å²) in [6.07, 6.45) is 0.464. The second-order valence-corrected chi connectivity index (χ2v) is 8.08. The third-order valence-corrected chi connectivity index (χ3v) is 5.28. The van der Waals surface area contributed by atoms with Crippen molar-refractivity contribution in [3.8, 4) is 0 Å². The lowest BCUT2D eigenvalue weighted by Gasteiger charge is -2.23. The van der Waals surface area contributed by atoms with Crippen LogP contribution in [0.4, 0.5) is 8.78 Å². The molecule has 0 unspecified atom stereocenters. The summed E-state index contributed by atoms with van der Waals surface area (Å²) in [6.45, 7) is 2.98. The van der Waals surface area contributed by atoms with E-state index < -0.39 is 47.2 Å². The van der Waals surface area contributed by atoms with Crippen LogP contribution in [0.2, 0.25) is 0 Å². The number of nitrogens with one attached hydrogen (secondary N) is 4. The Kier molecular flexibility index (Phi) is 10.2. The molecule has 0 aliphatic heterocycles. The first-order chi connectivity index (χ1) is 16.6. The molecule has 0 aromatic heterocycles. The number of ketones is 1. The molecule has 4 N–H and O–H groups in total. The molecule has 0 spiro atoms. The number of benzene rings is 2. The number of hydrogen-bond donors (Lipinski definition) is 4. The van der Waals surface area contributed by atoms with E-state index in [1.54, 1.807) is 6.92 Å². The molecule has 10 heteroatoms. The summed E-state index contributed by atoms with van der Waals surface area (Å²) in [5.74, 6) is -3.08. The Morgan fingerprint density at radius 3 is 2.20 bits per heavy atom. The zero-order valence-electron chi connectivity index (χ0n) is 19.5. The topological polar surface area (TPSA) is 128 Å². The van der Waals surface area contributed by atoms with E-state index in [1.165, 1.54) is 49.4 Å². The highest BCUT2D eigenvalue weighted by Gasteiger charge is 2.27. The van der Waals surface area contributed by atoms with Gasteiger partial charge in [0.2, 0.25) is 17.7 Å². The first-order valence-corrected chi connectivity index (χ1v) is 11.0. The molecule has 0 heterocycles. The zero-order chi connectivity index (χ0) is 26.0. The minimum Gasteiger partial charge on any atom is -0.350 e. The van der Waals surface area contributed by atoms with Crippen molar-refractivity contribution in [3.63, 3.8) is 0 Å². The average Bonchev–Trinajstić information content (AvgIpc) is 2.81. The average molecular weight is 487 g/mol. The van der Waals surface area contributed by atoms with E-state index in [4.69, 9.17) is 5.41 Å². The minimum atomic E-state index is -1.13. The van der Waals surface area contributed by atoms with Gasteiger partial charge in [0, 0.05) is 26.3 Å². The fraction of sp³-hybridized carbons (Fsp3) is 0.320. The van der Waals surface area contributed by atoms with Crippen LogP contribution in [-0.2, 0) is 32.1 Å². The van der Waals surface area contributed by atoms with Crippen LogP contribution in [0, 0.1) is 24.0 Å². The van der Waals surface area contributed by atoms with Crippen molar-refractivity contribution in [1.82, 2.24) is 16.0 Å². The summed E-state index contributed by atoms with van der Waals surface area (Å²) in [5.41, 5.74) is 1.86. The molecule has 0 radical (unpaired) electrons. The molecule has 2 aromatic carbocycles. The van der Waals surface area contributed by atoms with Gasteiger partial charge in [-0.05, 0) is 54.3 Å². The lowest BCUT2D eigenvalue weighted by molar-refractivity contribution is -0.132. The fourth-order valence-corrected chi connectivity index (χ4v) is 3.38. The van der Waals surface area contributed by atoms with Crippen LogP contribution in [0.15, 0.2) is 42.5 Å². The first kappa shape index (κ1) is 27.3. The maximum atomic E-state index is 13.5. The van der Waals surface area contributed by atoms with Crippen LogP contribution >= 0.6 is 0 Å². The first-order valence-electron chi connectivity index (χ1n) is 11.0. The Morgan fingerprint density at radius 2 is 1.60 bits per heavy atom. The van der Waals surface area contributed by atoms with E-state index in [2.05, 4.69) is 16.0 Å². The van der Waals surface area contributed by atoms with E-state index in [-0.39, 0.29) is 25.8 Å². The standard InChI is InChI=1S/C25H28F2N4O4/c1-15-11-20(27)8-5-18(15)12-23(30-16(2)32)25(35)31-22(10-9-21(33)13-28)24(34)29-14-17-3-6-19(26)7-4-17/h3-8,11,13,22-23,28H,9-10,12,14H2,1-2H3,(H,29,34)(H,30,32)(H,31,35)/t22-,23-/m0/s1. The molecule has 2 aromatic rings. The van der Waals surface area contributed by atoms with Crippen LogP contribution in [0.25, 0.3) is 0 Å². The summed E-state index contributed by atoms with van der Waals surface area (Å²) in [5, 5.41) is 14.8. The highest BCUT2D eigenvalue weighted by atomic mass is 19.1. The molecule has 0 aliphatic carbocycles. The molecule has 0 saturated heterocycles. The molecule has 3 amide bonds. The highest BCUT2D eigenvalue weighted by molar-refractivity contribution is 6.26. The second kappa shape index (κ2) is 13.1. The van der Waals surface area contributed by atoms with Gasteiger partial charge in [0.25, 0.3) is 0 Å². The molecule has 0 fully saturated rings. The number of aryl methyl sites for hydroxylation is 1. The van der Waals surface area contributed by atoms with Crippen LogP contribution in [0.5, 0.6) is 0 Å². The quantitative estimate of drug-likeness (QED) is 0.343. The SMILES string of the molecule is CC(=O)N[C@@H](Cc1ccc(F)cc1C)C(=O)N[C@@H](CCC(=O)C=N)C(=O)NCc1ccc(F)cc1. The van der Waals surface area contributed by atoms with Crippen LogP contribution in [0.1, 0.15) is 36.5 Å². The Hall–Kier alpha value is -3.95. The van der Waals surface area contributed by atoms with Gasteiger partial charge in [0.1, 0.15) is 23.7 Å². The number of hydrogen-bond acceptors (Lipinski definition) is 5. The lowest BCUT2D eigenvalue weighted by atomic mass is 9.99. The van der Waals surface area contributed by atoms with Crippen molar-refractivity contribution < 1.29 is 28.0 Å². The van der Waals surface area contributed by atoms with E-state index in [1.807, 2.05) is 0 Å². The third-order valence-electron chi connectivity index (χ3n) is 5.28. The van der Waals surface area contributed by atoms with Crippen LogP contribution in [-0.4, -0.2) is 41.8 Å². The molecule has 2 atom stereocenters. The van der Waals surface area contributed by atoms with Crippen molar-refractivity contribution in [3.05, 3.63) is 70.8 Å². The molecule has 35 heavy (non-hydrogen) atoms. The highest BCUT2D eigenvalue weighted by Crippen LogP contribution is 2.13. The molecule has 186 valence electrons. The van der Waals surface area contributed by atoms with Gasteiger partial charge in [-0.25, -0.2) is 8.78 Å². The number of carbonyl (C=O) groups is 4. The molecule has 0 bridgehead atoms. The van der Waals surface area contributed by atoms with Crippen LogP contribution < -0.4 is 16.0 Å². The number of Topliss-reactive ketones (excluding diaryl/α,β-unsaturated/α-hetero) is 1. The third kappa shape index (κ3) is 9.07. The fourth-order valence-electron chi connectivity index (χ4n) is 3.38. The number of amides is 3. The van der Waals surface area contributed by atoms with Gasteiger partial charge in [-0.15, -0.1) is 0 Å². The Morgan fingerprint density at radius 1 is 0.943 bits per heavy atom. The molecular formula is C25H28F2N4O4. The van der Waals surface area contributed by atoms with Gasteiger partial charge in [0.05, 0.1) is 6.21 Å². The van der Waals surface area contributed by atoms with Gasteiger partial charge < -0.3 is 21.4 Å². The summed E-state index contributed by atoms with van der Waals surface area (Å²) in [4.78, 5) is 49.2. The van der Waals surface area contributed by atoms with Gasteiger partial charge in [-0.1, -0.05) is 18.2 Å². The number of halogens is 2. The maximum Gasteiger partial charge on any atom is 0.243 e. The number of carbonyl (C=O) groups excluding carboxylic acids is 4. The molecule has 2 rings (SSSR count). The van der Waals surface area contributed by atoms with Crippen molar-refractivity contribution in [2.24, 2.45) is 0 Å². The molecular weight excluding hydrogens is 458 g/mol. The predicted octanol–water partition coefficient (Wildman–Crippen LogP) is 2.12.